The topological polar surface area (TPSA) is 89.8 Å². The summed E-state index contributed by atoms with van der Waals surface area (Å²) in [6.07, 6.45) is 1.21. The third kappa shape index (κ3) is 2.79. The Morgan fingerprint density at radius 1 is 1.33 bits per heavy atom. The third-order valence-electron chi connectivity index (χ3n) is 2.83. The summed E-state index contributed by atoms with van der Waals surface area (Å²) in [6.45, 7) is 1.70. The molecular formula is C13H11N5O2S. The van der Waals surface area contributed by atoms with Crippen molar-refractivity contribution in [3.8, 4) is 0 Å². The molecule has 7 nitrogen and oxygen atoms in total. The van der Waals surface area contributed by atoms with Gasteiger partial charge in [-0.05, 0) is 19.1 Å². The van der Waals surface area contributed by atoms with Crippen LogP contribution in [0.4, 0.5) is 5.13 Å². The molecule has 0 aliphatic heterocycles. The number of carbonyl (C=O) groups excluding carboxylic acids is 1. The zero-order valence-electron chi connectivity index (χ0n) is 11.1. The first-order chi connectivity index (χ1) is 10.1. The maximum absolute atomic E-state index is 12.0. The van der Waals surface area contributed by atoms with Crippen LogP contribution in [0.1, 0.15) is 5.01 Å². The molecule has 8 heteroatoms. The van der Waals surface area contributed by atoms with Gasteiger partial charge in [-0.3, -0.25) is 19.5 Å². The van der Waals surface area contributed by atoms with Gasteiger partial charge in [0.25, 0.3) is 5.56 Å². The molecule has 106 valence electrons. The largest absolute Gasteiger partial charge is 0.299 e. The fourth-order valence-corrected chi connectivity index (χ4v) is 2.54. The summed E-state index contributed by atoms with van der Waals surface area (Å²) in [5, 5.41) is 11.4. The number of amides is 1. The van der Waals surface area contributed by atoms with E-state index in [1.54, 1.807) is 25.1 Å². The van der Waals surface area contributed by atoms with Gasteiger partial charge < -0.3 is 0 Å². The van der Waals surface area contributed by atoms with Gasteiger partial charge in [0, 0.05) is 0 Å². The van der Waals surface area contributed by atoms with Crippen molar-refractivity contribution in [1.82, 2.24) is 19.7 Å². The molecule has 0 atom stereocenters. The molecule has 0 radical (unpaired) electrons. The predicted molar refractivity (Wildman–Crippen MR) is 79.3 cm³/mol. The van der Waals surface area contributed by atoms with Gasteiger partial charge in [-0.2, -0.15) is 0 Å². The van der Waals surface area contributed by atoms with E-state index in [4.69, 9.17) is 0 Å². The van der Waals surface area contributed by atoms with E-state index in [0.717, 1.165) is 5.01 Å². The average Bonchev–Trinajstić information content (AvgIpc) is 2.87. The molecular weight excluding hydrogens is 290 g/mol. The Hall–Kier alpha value is -2.61. The molecule has 0 aliphatic rings. The lowest BCUT2D eigenvalue weighted by Gasteiger charge is -2.08. The van der Waals surface area contributed by atoms with Crippen molar-refractivity contribution in [2.45, 2.75) is 13.5 Å². The SMILES string of the molecule is Cc1nnc(NC(=O)Cn2c(=O)cnc3ccccc32)s1. The Kier molecular flexibility index (Phi) is 3.44. The molecule has 0 fully saturated rings. The smallest absolute Gasteiger partial charge is 0.269 e. The highest BCUT2D eigenvalue weighted by molar-refractivity contribution is 7.15. The second-order valence-electron chi connectivity index (χ2n) is 4.35. The van der Waals surface area contributed by atoms with Crippen molar-refractivity contribution in [2.75, 3.05) is 5.32 Å². The second-order valence-corrected chi connectivity index (χ2v) is 5.53. The molecule has 21 heavy (non-hydrogen) atoms. The van der Waals surface area contributed by atoms with Crippen LogP contribution in [-0.2, 0) is 11.3 Å². The lowest BCUT2D eigenvalue weighted by atomic mass is 10.3. The number of hydrogen-bond donors (Lipinski definition) is 1. The first kappa shape index (κ1) is 13.4. The molecule has 1 N–H and O–H groups in total. The summed E-state index contributed by atoms with van der Waals surface area (Å²) >= 11 is 1.28. The van der Waals surface area contributed by atoms with E-state index in [2.05, 4.69) is 20.5 Å². The quantitative estimate of drug-likeness (QED) is 0.785. The summed E-state index contributed by atoms with van der Waals surface area (Å²) in [4.78, 5) is 28.0. The minimum atomic E-state index is -0.329. The van der Waals surface area contributed by atoms with Gasteiger partial charge in [-0.1, -0.05) is 23.5 Å². The highest BCUT2D eigenvalue weighted by Crippen LogP contribution is 2.14. The monoisotopic (exact) mass is 301 g/mol. The molecule has 2 heterocycles. The molecule has 1 aromatic carbocycles. The maximum Gasteiger partial charge on any atom is 0.269 e. The molecule has 3 rings (SSSR count). The highest BCUT2D eigenvalue weighted by Gasteiger charge is 2.10. The molecule has 0 bridgehead atoms. The number of aryl methyl sites for hydroxylation is 1. The second kappa shape index (κ2) is 5.41. The van der Waals surface area contributed by atoms with E-state index in [0.29, 0.717) is 16.2 Å². The van der Waals surface area contributed by atoms with E-state index in [-0.39, 0.29) is 18.0 Å². The van der Waals surface area contributed by atoms with Crippen LogP contribution in [-0.4, -0.2) is 25.7 Å². The number of fused-ring (bicyclic) bond motifs is 1. The molecule has 1 amide bonds. The van der Waals surface area contributed by atoms with Crippen molar-refractivity contribution >= 4 is 33.4 Å². The van der Waals surface area contributed by atoms with Crippen LogP contribution in [0.2, 0.25) is 0 Å². The number of anilines is 1. The minimum absolute atomic E-state index is 0.0967. The number of aromatic nitrogens is 4. The Balaban J connectivity index is 1.89. The van der Waals surface area contributed by atoms with E-state index >= 15 is 0 Å². The van der Waals surface area contributed by atoms with Crippen LogP contribution < -0.4 is 10.9 Å². The van der Waals surface area contributed by atoms with Crippen LogP contribution in [0.15, 0.2) is 35.3 Å². The zero-order chi connectivity index (χ0) is 14.8. The van der Waals surface area contributed by atoms with Gasteiger partial charge in [0.15, 0.2) is 0 Å². The number of para-hydroxylation sites is 2. The van der Waals surface area contributed by atoms with Crippen molar-refractivity contribution in [2.24, 2.45) is 0 Å². The summed E-state index contributed by atoms with van der Waals surface area (Å²) in [7, 11) is 0. The number of rotatable bonds is 3. The molecule has 0 spiro atoms. The number of nitrogens with one attached hydrogen (secondary N) is 1. The maximum atomic E-state index is 12.0. The van der Waals surface area contributed by atoms with Crippen LogP contribution in [0.5, 0.6) is 0 Å². The molecule has 0 unspecified atom stereocenters. The van der Waals surface area contributed by atoms with Gasteiger partial charge in [0.2, 0.25) is 11.0 Å². The van der Waals surface area contributed by atoms with Crippen molar-refractivity contribution < 1.29 is 4.79 Å². The summed E-state index contributed by atoms with van der Waals surface area (Å²) in [6, 6.07) is 7.17. The first-order valence-corrected chi connectivity index (χ1v) is 7.00. The number of benzene rings is 1. The van der Waals surface area contributed by atoms with Gasteiger partial charge in [0.05, 0.1) is 17.2 Å². The molecule has 0 aliphatic carbocycles. The number of carbonyl (C=O) groups is 1. The van der Waals surface area contributed by atoms with Crippen LogP contribution in [0.25, 0.3) is 11.0 Å². The van der Waals surface area contributed by atoms with Gasteiger partial charge in [-0.25, -0.2) is 4.98 Å². The van der Waals surface area contributed by atoms with Crippen LogP contribution in [0.3, 0.4) is 0 Å². The van der Waals surface area contributed by atoms with E-state index in [1.165, 1.54) is 22.1 Å². The summed E-state index contributed by atoms with van der Waals surface area (Å²) < 4.78 is 1.38. The fourth-order valence-electron chi connectivity index (χ4n) is 1.93. The Morgan fingerprint density at radius 2 is 2.14 bits per heavy atom. The van der Waals surface area contributed by atoms with Crippen molar-refractivity contribution in [3.63, 3.8) is 0 Å². The predicted octanol–water partition coefficient (Wildman–Crippen LogP) is 1.20. The summed E-state index contributed by atoms with van der Waals surface area (Å²) in [5.74, 6) is -0.329. The zero-order valence-corrected chi connectivity index (χ0v) is 11.9. The lowest BCUT2D eigenvalue weighted by molar-refractivity contribution is -0.116. The van der Waals surface area contributed by atoms with Crippen molar-refractivity contribution in [1.29, 1.82) is 0 Å². The Labute approximate surface area is 123 Å². The average molecular weight is 301 g/mol. The summed E-state index contributed by atoms with van der Waals surface area (Å²) in [5.41, 5.74) is 0.961. The Morgan fingerprint density at radius 3 is 2.90 bits per heavy atom. The minimum Gasteiger partial charge on any atom is -0.299 e. The van der Waals surface area contributed by atoms with Gasteiger partial charge in [0.1, 0.15) is 11.6 Å². The fraction of sp³-hybridized carbons (Fsp3) is 0.154. The van der Waals surface area contributed by atoms with E-state index in [1.807, 2.05) is 6.07 Å². The lowest BCUT2D eigenvalue weighted by Crippen LogP contribution is -2.27. The molecule has 3 aromatic rings. The van der Waals surface area contributed by atoms with Gasteiger partial charge in [-0.15, -0.1) is 10.2 Å². The highest BCUT2D eigenvalue weighted by atomic mass is 32.1. The van der Waals surface area contributed by atoms with Gasteiger partial charge >= 0.3 is 0 Å². The van der Waals surface area contributed by atoms with Crippen molar-refractivity contribution in [3.05, 3.63) is 45.8 Å². The molecule has 0 saturated carbocycles. The number of nitrogens with zero attached hydrogens (tertiary/aromatic N) is 4. The normalized spacial score (nSPS) is 10.7. The number of hydrogen-bond acceptors (Lipinski definition) is 6. The Bertz CT molecular complexity index is 870. The van der Waals surface area contributed by atoms with Crippen LogP contribution >= 0.6 is 11.3 Å². The third-order valence-corrected chi connectivity index (χ3v) is 3.58. The standard InChI is InChI=1S/C13H11N5O2S/c1-8-16-17-13(21-8)15-11(19)7-18-10-5-3-2-4-9(10)14-6-12(18)20/h2-6H,7H2,1H3,(H,15,17,19). The van der Waals surface area contributed by atoms with E-state index in [9.17, 15) is 9.59 Å². The van der Waals surface area contributed by atoms with Crippen LogP contribution in [0, 0.1) is 6.92 Å². The van der Waals surface area contributed by atoms with E-state index < -0.39 is 0 Å². The molecule has 0 saturated heterocycles. The first-order valence-electron chi connectivity index (χ1n) is 6.18. The molecule has 2 aromatic heterocycles.